The Kier molecular flexibility index (Phi) is 17.6. The summed E-state index contributed by atoms with van der Waals surface area (Å²) in [4.78, 5) is 38.3. The SMILES string of the molecule is CC(=O)N[C@H]1[C@H](O[C@@H]2[C@@H](O)[C@H](O)O[C@H](COC(=O)C(C)(C)C)[C@@H]2O)O[C@H](COCc2ccccc2)[C@@H](OCc2ccccc2)[C@@H]1O[C@@H]1O[C@H](COC(=O)C(C)(C)C)[C@H](O)[C@H](O)[C@H]1O. The molecule has 63 heavy (non-hydrogen) atoms. The Balaban J connectivity index is 1.52. The molecule has 2 aromatic carbocycles. The molecule has 5 rings (SSSR count). The molecule has 0 radical (unpaired) electrons. The minimum atomic E-state index is -1.94. The van der Waals surface area contributed by atoms with Crippen LogP contribution in [0.2, 0.25) is 0 Å². The van der Waals surface area contributed by atoms with Crippen LogP contribution in [0, 0.1) is 10.8 Å². The van der Waals surface area contributed by atoms with Crippen LogP contribution >= 0.6 is 0 Å². The lowest BCUT2D eigenvalue weighted by Crippen LogP contribution is -2.70. The van der Waals surface area contributed by atoms with E-state index >= 15 is 0 Å². The summed E-state index contributed by atoms with van der Waals surface area (Å²) < 4.78 is 54.1. The zero-order chi connectivity index (χ0) is 46.2. The number of carbonyl (C=O) groups excluding carboxylic acids is 3. The van der Waals surface area contributed by atoms with Gasteiger partial charge in [-0.2, -0.15) is 0 Å². The van der Waals surface area contributed by atoms with E-state index in [-0.39, 0.29) is 19.8 Å². The van der Waals surface area contributed by atoms with Crippen LogP contribution in [0.1, 0.15) is 59.6 Å². The van der Waals surface area contributed by atoms with Gasteiger partial charge in [-0.1, -0.05) is 60.7 Å². The lowest BCUT2D eigenvalue weighted by Gasteiger charge is -2.50. The summed E-state index contributed by atoms with van der Waals surface area (Å²) in [5.41, 5.74) is -0.294. The van der Waals surface area contributed by atoms with Gasteiger partial charge in [-0.05, 0) is 52.7 Å². The third kappa shape index (κ3) is 13.4. The Hall–Kier alpha value is -3.67. The first-order chi connectivity index (χ1) is 29.6. The largest absolute Gasteiger partial charge is 0.462 e. The van der Waals surface area contributed by atoms with Gasteiger partial charge in [-0.25, -0.2) is 0 Å². The van der Waals surface area contributed by atoms with E-state index in [9.17, 15) is 45.0 Å². The molecule has 0 saturated carbocycles. The van der Waals surface area contributed by atoms with Gasteiger partial charge in [0.25, 0.3) is 0 Å². The maximum Gasteiger partial charge on any atom is 0.311 e. The van der Waals surface area contributed by atoms with Gasteiger partial charge in [-0.3, -0.25) is 14.4 Å². The molecule has 3 aliphatic rings. The summed E-state index contributed by atoms with van der Waals surface area (Å²) in [6, 6.07) is 16.8. The maximum absolute atomic E-state index is 13.0. The lowest BCUT2D eigenvalue weighted by molar-refractivity contribution is -0.367. The van der Waals surface area contributed by atoms with E-state index < -0.39 is 134 Å². The summed E-state index contributed by atoms with van der Waals surface area (Å²) in [6.45, 7) is 9.73. The van der Waals surface area contributed by atoms with E-state index in [0.29, 0.717) is 0 Å². The monoisotopic (exact) mass is 893 g/mol. The van der Waals surface area contributed by atoms with Gasteiger partial charge in [0.05, 0.1) is 30.7 Å². The smallest absolute Gasteiger partial charge is 0.311 e. The van der Waals surface area contributed by atoms with Gasteiger partial charge < -0.3 is 78.6 Å². The van der Waals surface area contributed by atoms with Gasteiger partial charge in [-0.15, -0.1) is 0 Å². The number of esters is 2. The Bertz CT molecular complexity index is 1760. The lowest BCUT2D eigenvalue weighted by atomic mass is 9.94. The second-order valence-corrected chi connectivity index (χ2v) is 18.0. The molecule has 7 N–H and O–H groups in total. The van der Waals surface area contributed by atoms with Crippen molar-refractivity contribution in [1.29, 1.82) is 0 Å². The number of carbonyl (C=O) groups is 3. The van der Waals surface area contributed by atoms with E-state index in [0.717, 1.165) is 11.1 Å². The Morgan fingerprint density at radius 2 is 1.08 bits per heavy atom. The molecule has 3 aliphatic heterocycles. The topological polar surface area (TPSA) is 268 Å². The van der Waals surface area contributed by atoms with Crippen LogP contribution in [-0.2, 0) is 70.2 Å². The van der Waals surface area contributed by atoms with Crippen LogP contribution < -0.4 is 5.32 Å². The molecule has 1 amide bonds. The molecule has 352 valence electrons. The minimum absolute atomic E-state index is 0.0401. The molecular formula is C44H63NO18. The van der Waals surface area contributed by atoms with Gasteiger partial charge in [0.15, 0.2) is 18.9 Å². The highest BCUT2D eigenvalue weighted by molar-refractivity contribution is 5.75. The zero-order valence-electron chi connectivity index (χ0n) is 36.6. The summed E-state index contributed by atoms with van der Waals surface area (Å²) in [5.74, 6) is -1.90. The predicted octanol–water partition coefficient (Wildman–Crippen LogP) is 0.214. The molecule has 3 heterocycles. The number of amides is 1. The fraction of sp³-hybridized carbons (Fsp3) is 0.659. The summed E-state index contributed by atoms with van der Waals surface area (Å²) in [7, 11) is 0. The summed E-state index contributed by atoms with van der Waals surface area (Å²) >= 11 is 0. The zero-order valence-corrected chi connectivity index (χ0v) is 36.6. The number of benzene rings is 2. The molecule has 0 spiro atoms. The average molecular weight is 894 g/mol. The van der Waals surface area contributed by atoms with Crippen LogP contribution in [0.15, 0.2) is 60.7 Å². The van der Waals surface area contributed by atoms with Crippen LogP contribution in [0.3, 0.4) is 0 Å². The van der Waals surface area contributed by atoms with Crippen molar-refractivity contribution in [3.8, 4) is 0 Å². The first-order valence-corrected chi connectivity index (χ1v) is 20.9. The molecule has 19 nitrogen and oxygen atoms in total. The highest BCUT2D eigenvalue weighted by atomic mass is 16.7. The van der Waals surface area contributed by atoms with Crippen molar-refractivity contribution in [3.05, 3.63) is 71.8 Å². The number of nitrogens with one attached hydrogen (secondary N) is 1. The summed E-state index contributed by atoms with van der Waals surface area (Å²) in [5, 5.41) is 69.5. The van der Waals surface area contributed by atoms with Crippen molar-refractivity contribution in [2.24, 2.45) is 10.8 Å². The molecule has 0 unspecified atom stereocenters. The summed E-state index contributed by atoms with van der Waals surface area (Å²) in [6.07, 6.45) is -22.9. The van der Waals surface area contributed by atoms with Crippen molar-refractivity contribution in [1.82, 2.24) is 5.32 Å². The number of aliphatic hydroxyl groups is 6. The van der Waals surface area contributed by atoms with Gasteiger partial charge in [0.1, 0.15) is 86.4 Å². The molecular weight excluding hydrogens is 830 g/mol. The Morgan fingerprint density at radius 1 is 0.571 bits per heavy atom. The van der Waals surface area contributed by atoms with Gasteiger partial charge >= 0.3 is 11.9 Å². The molecule has 15 atom stereocenters. The third-order valence-electron chi connectivity index (χ3n) is 10.6. The molecule has 3 saturated heterocycles. The minimum Gasteiger partial charge on any atom is -0.462 e. The average Bonchev–Trinajstić information content (AvgIpc) is 3.23. The van der Waals surface area contributed by atoms with E-state index in [2.05, 4.69) is 5.32 Å². The van der Waals surface area contributed by atoms with Gasteiger partial charge in [0.2, 0.25) is 5.91 Å². The standard InChI is InChI=1S/C44H63NO18/c1-23(46)45-29-36(62-40-33(50)32(49)30(47)26(60-40)21-57-41(53)43(2,3)4)35(56-19-25-16-12-9-13-17-25)28(20-55-18-24-14-10-8-11-15-24)61-39(29)63-37-31(48)27(59-38(52)34(37)51)22-58-42(54)44(5,6)7/h8-17,26-40,47-52H,18-22H2,1-7H3,(H,45,46)/t26-,27-,28-,29-,30+,31+,32+,33-,34-,35-,36-,37+,38-,39+,40+/m1/s1. The van der Waals surface area contributed by atoms with Crippen LogP contribution in [-0.4, -0.2) is 160 Å². The van der Waals surface area contributed by atoms with Crippen molar-refractivity contribution in [3.63, 3.8) is 0 Å². The number of hydrogen-bond acceptors (Lipinski definition) is 18. The van der Waals surface area contributed by atoms with E-state index in [1.165, 1.54) is 6.92 Å². The van der Waals surface area contributed by atoms with Crippen LogP contribution in [0.4, 0.5) is 0 Å². The predicted molar refractivity (Wildman–Crippen MR) is 218 cm³/mol. The maximum atomic E-state index is 13.0. The quantitative estimate of drug-likeness (QED) is 0.111. The molecule has 3 fully saturated rings. The number of aliphatic hydroxyl groups excluding tert-OH is 6. The Morgan fingerprint density at radius 3 is 1.62 bits per heavy atom. The Labute approximate surface area is 366 Å². The fourth-order valence-electron chi connectivity index (χ4n) is 6.98. The molecule has 2 aromatic rings. The fourth-order valence-corrected chi connectivity index (χ4v) is 6.98. The molecule has 0 aliphatic carbocycles. The van der Waals surface area contributed by atoms with Crippen molar-refractivity contribution in [2.75, 3.05) is 19.8 Å². The molecule has 19 heteroatoms. The van der Waals surface area contributed by atoms with Crippen molar-refractivity contribution >= 4 is 17.8 Å². The third-order valence-corrected chi connectivity index (χ3v) is 10.6. The van der Waals surface area contributed by atoms with Gasteiger partial charge in [0, 0.05) is 6.92 Å². The van der Waals surface area contributed by atoms with Crippen LogP contribution in [0.5, 0.6) is 0 Å². The van der Waals surface area contributed by atoms with E-state index in [1.807, 2.05) is 36.4 Å². The first kappa shape index (κ1) is 50.3. The van der Waals surface area contributed by atoms with E-state index in [1.54, 1.807) is 65.8 Å². The number of ether oxygens (including phenoxy) is 9. The van der Waals surface area contributed by atoms with Crippen molar-refractivity contribution < 1.29 is 87.7 Å². The second kappa shape index (κ2) is 22.0. The number of hydrogen-bond donors (Lipinski definition) is 7. The first-order valence-electron chi connectivity index (χ1n) is 20.9. The number of rotatable bonds is 16. The van der Waals surface area contributed by atoms with E-state index in [4.69, 9.17) is 42.6 Å². The normalized spacial score (nSPS) is 33.9. The highest BCUT2D eigenvalue weighted by Crippen LogP contribution is 2.35. The molecule has 0 bridgehead atoms. The molecule has 0 aromatic heterocycles. The van der Waals surface area contributed by atoms with Crippen LogP contribution in [0.25, 0.3) is 0 Å². The van der Waals surface area contributed by atoms with Crippen molar-refractivity contribution in [2.45, 2.75) is 154 Å². The highest BCUT2D eigenvalue weighted by Gasteiger charge is 2.55. The second-order valence-electron chi connectivity index (χ2n) is 18.0.